The molecular formula is C20H21N3O3. The maximum absolute atomic E-state index is 12.9. The molecule has 26 heavy (non-hydrogen) atoms. The van der Waals surface area contributed by atoms with Crippen LogP contribution < -0.4 is 20.7 Å². The van der Waals surface area contributed by atoms with Gasteiger partial charge in [0, 0.05) is 11.4 Å². The summed E-state index contributed by atoms with van der Waals surface area (Å²) >= 11 is 0. The van der Waals surface area contributed by atoms with Crippen molar-refractivity contribution in [2.45, 2.75) is 19.9 Å². The zero-order valence-electron chi connectivity index (χ0n) is 14.9. The zero-order chi connectivity index (χ0) is 18.7. The second kappa shape index (κ2) is 7.31. The minimum atomic E-state index is -0.542. The number of allylic oxidation sites excluding steroid dienone is 1. The fourth-order valence-electron chi connectivity index (χ4n) is 2.88. The normalized spacial score (nSPS) is 16.6. The fraction of sp³-hybridized carbons (Fsp3) is 0.200. The summed E-state index contributed by atoms with van der Waals surface area (Å²) in [6.07, 6.45) is 0. The monoisotopic (exact) mass is 351 g/mol. The van der Waals surface area contributed by atoms with Crippen molar-refractivity contribution in [1.29, 1.82) is 0 Å². The van der Waals surface area contributed by atoms with Crippen LogP contribution >= 0.6 is 0 Å². The van der Waals surface area contributed by atoms with Gasteiger partial charge >= 0.3 is 6.03 Å². The molecule has 3 N–H and O–H groups in total. The molecule has 134 valence electrons. The molecule has 3 rings (SSSR count). The van der Waals surface area contributed by atoms with E-state index in [1.807, 2.05) is 43.3 Å². The number of aryl methyl sites for hydroxylation is 1. The molecule has 0 spiro atoms. The SMILES string of the molecule is COc1ccc([C@@H]2NC(=O)NC(C)=C2C(=O)Nc2ccc(C)cc2)cc1. The summed E-state index contributed by atoms with van der Waals surface area (Å²) in [6, 6.07) is 13.9. The summed E-state index contributed by atoms with van der Waals surface area (Å²) in [5.41, 5.74) is 3.61. The average Bonchev–Trinajstić information content (AvgIpc) is 2.63. The molecule has 3 amide bonds. The maximum Gasteiger partial charge on any atom is 0.319 e. The van der Waals surface area contributed by atoms with Crippen molar-refractivity contribution in [1.82, 2.24) is 10.6 Å². The lowest BCUT2D eigenvalue weighted by Crippen LogP contribution is -2.45. The molecule has 0 radical (unpaired) electrons. The van der Waals surface area contributed by atoms with E-state index in [9.17, 15) is 9.59 Å². The summed E-state index contributed by atoms with van der Waals surface area (Å²) in [4.78, 5) is 24.8. The minimum absolute atomic E-state index is 0.264. The molecule has 1 aliphatic rings. The third-order valence-corrected chi connectivity index (χ3v) is 4.27. The van der Waals surface area contributed by atoms with Crippen molar-refractivity contribution in [2.24, 2.45) is 0 Å². The van der Waals surface area contributed by atoms with E-state index in [1.165, 1.54) is 0 Å². The molecule has 1 aliphatic heterocycles. The Labute approximate surface area is 152 Å². The number of ether oxygens (including phenoxy) is 1. The van der Waals surface area contributed by atoms with E-state index in [0.29, 0.717) is 22.7 Å². The Morgan fingerprint density at radius 3 is 2.31 bits per heavy atom. The van der Waals surface area contributed by atoms with Gasteiger partial charge in [0.2, 0.25) is 0 Å². The maximum atomic E-state index is 12.9. The number of methoxy groups -OCH3 is 1. The van der Waals surface area contributed by atoms with Gasteiger partial charge in [0.05, 0.1) is 18.7 Å². The Bertz CT molecular complexity index is 855. The van der Waals surface area contributed by atoms with Crippen LogP contribution in [0.1, 0.15) is 24.1 Å². The summed E-state index contributed by atoms with van der Waals surface area (Å²) in [5.74, 6) is 0.444. The second-order valence-electron chi connectivity index (χ2n) is 6.16. The lowest BCUT2D eigenvalue weighted by Gasteiger charge is -2.28. The zero-order valence-corrected chi connectivity index (χ0v) is 14.9. The molecule has 6 heteroatoms. The van der Waals surface area contributed by atoms with Gasteiger partial charge in [-0.25, -0.2) is 4.79 Å². The van der Waals surface area contributed by atoms with E-state index < -0.39 is 6.04 Å². The predicted molar refractivity (Wildman–Crippen MR) is 99.9 cm³/mol. The largest absolute Gasteiger partial charge is 0.497 e. The van der Waals surface area contributed by atoms with E-state index >= 15 is 0 Å². The van der Waals surface area contributed by atoms with E-state index in [2.05, 4.69) is 16.0 Å². The van der Waals surface area contributed by atoms with Crippen LogP contribution in [-0.4, -0.2) is 19.0 Å². The van der Waals surface area contributed by atoms with Crippen LogP contribution in [0, 0.1) is 6.92 Å². The van der Waals surface area contributed by atoms with E-state index in [0.717, 1.165) is 11.1 Å². The highest BCUT2D eigenvalue weighted by atomic mass is 16.5. The Kier molecular flexibility index (Phi) is 4.93. The van der Waals surface area contributed by atoms with Gasteiger partial charge in [0.15, 0.2) is 0 Å². The summed E-state index contributed by atoms with van der Waals surface area (Å²) < 4.78 is 5.17. The molecule has 0 aliphatic carbocycles. The number of benzene rings is 2. The van der Waals surface area contributed by atoms with Crippen molar-refractivity contribution >= 4 is 17.6 Å². The number of carbonyl (C=O) groups is 2. The standard InChI is InChI=1S/C20H21N3O3/c1-12-4-8-15(9-5-12)22-19(24)17-13(2)21-20(25)23-18(17)14-6-10-16(26-3)11-7-14/h4-11,18H,1-3H3,(H,22,24)(H2,21,23,25)/t18-/m0/s1. The Morgan fingerprint density at radius 2 is 1.69 bits per heavy atom. The number of rotatable bonds is 4. The number of nitrogens with one attached hydrogen (secondary N) is 3. The quantitative estimate of drug-likeness (QED) is 0.791. The van der Waals surface area contributed by atoms with Gasteiger partial charge in [-0.05, 0) is 43.7 Å². The highest BCUT2D eigenvalue weighted by Crippen LogP contribution is 2.29. The van der Waals surface area contributed by atoms with Crippen LogP contribution in [0.2, 0.25) is 0 Å². The van der Waals surface area contributed by atoms with Crippen LogP contribution in [0.5, 0.6) is 5.75 Å². The van der Waals surface area contributed by atoms with Gasteiger partial charge in [0.25, 0.3) is 5.91 Å². The highest BCUT2D eigenvalue weighted by Gasteiger charge is 2.31. The van der Waals surface area contributed by atoms with E-state index in [-0.39, 0.29) is 11.9 Å². The van der Waals surface area contributed by atoms with Crippen LogP contribution in [-0.2, 0) is 4.79 Å². The lowest BCUT2D eigenvalue weighted by molar-refractivity contribution is -0.113. The van der Waals surface area contributed by atoms with E-state index in [1.54, 1.807) is 26.2 Å². The molecule has 0 saturated heterocycles. The van der Waals surface area contributed by atoms with Crippen LogP contribution in [0.4, 0.5) is 10.5 Å². The first kappa shape index (κ1) is 17.5. The van der Waals surface area contributed by atoms with Gasteiger partial charge in [-0.15, -0.1) is 0 Å². The second-order valence-corrected chi connectivity index (χ2v) is 6.16. The predicted octanol–water partition coefficient (Wildman–Crippen LogP) is 3.27. The molecule has 1 atom stereocenters. The summed E-state index contributed by atoms with van der Waals surface area (Å²) in [6.45, 7) is 3.71. The smallest absolute Gasteiger partial charge is 0.319 e. The van der Waals surface area contributed by atoms with Crippen molar-refractivity contribution in [3.63, 3.8) is 0 Å². The Morgan fingerprint density at radius 1 is 1.04 bits per heavy atom. The number of hydrogen-bond donors (Lipinski definition) is 3. The first-order valence-corrected chi connectivity index (χ1v) is 8.28. The van der Waals surface area contributed by atoms with Crippen LogP contribution in [0.25, 0.3) is 0 Å². The molecule has 2 aromatic rings. The third kappa shape index (κ3) is 3.69. The van der Waals surface area contributed by atoms with Crippen molar-refractivity contribution in [2.75, 3.05) is 12.4 Å². The van der Waals surface area contributed by atoms with Crippen molar-refractivity contribution in [3.05, 3.63) is 70.9 Å². The van der Waals surface area contributed by atoms with Crippen LogP contribution in [0.15, 0.2) is 59.8 Å². The minimum Gasteiger partial charge on any atom is -0.497 e. The Balaban J connectivity index is 1.91. The highest BCUT2D eigenvalue weighted by molar-refractivity contribution is 6.06. The van der Waals surface area contributed by atoms with Gasteiger partial charge in [-0.1, -0.05) is 29.8 Å². The molecular weight excluding hydrogens is 330 g/mol. The van der Waals surface area contributed by atoms with Crippen molar-refractivity contribution in [3.8, 4) is 5.75 Å². The first-order valence-electron chi connectivity index (χ1n) is 8.28. The molecule has 0 unspecified atom stereocenters. The first-order chi connectivity index (χ1) is 12.5. The number of amides is 3. The molecule has 6 nitrogen and oxygen atoms in total. The summed E-state index contributed by atoms with van der Waals surface area (Å²) in [7, 11) is 1.59. The number of hydrogen-bond acceptors (Lipinski definition) is 3. The molecule has 0 aromatic heterocycles. The topological polar surface area (TPSA) is 79.5 Å². The number of anilines is 1. The molecule has 0 saturated carbocycles. The molecule has 1 heterocycles. The molecule has 2 aromatic carbocycles. The number of urea groups is 1. The molecule has 0 bridgehead atoms. The molecule has 0 fully saturated rings. The van der Waals surface area contributed by atoms with Crippen molar-refractivity contribution < 1.29 is 14.3 Å². The lowest BCUT2D eigenvalue weighted by atomic mass is 9.94. The summed E-state index contributed by atoms with van der Waals surface area (Å²) in [5, 5.41) is 8.38. The Hall–Kier alpha value is -3.28. The van der Waals surface area contributed by atoms with Gasteiger partial charge in [0.1, 0.15) is 5.75 Å². The third-order valence-electron chi connectivity index (χ3n) is 4.27. The number of carbonyl (C=O) groups excluding carboxylic acids is 2. The average molecular weight is 351 g/mol. The van der Waals surface area contributed by atoms with Crippen LogP contribution in [0.3, 0.4) is 0 Å². The fourth-order valence-corrected chi connectivity index (χ4v) is 2.88. The van der Waals surface area contributed by atoms with Gasteiger partial charge < -0.3 is 20.7 Å². The van der Waals surface area contributed by atoms with E-state index in [4.69, 9.17) is 4.74 Å². The van der Waals surface area contributed by atoms with Gasteiger partial charge in [-0.3, -0.25) is 4.79 Å². The van der Waals surface area contributed by atoms with Gasteiger partial charge in [-0.2, -0.15) is 0 Å².